The molecule has 0 aliphatic rings. The summed E-state index contributed by atoms with van der Waals surface area (Å²) < 4.78 is 15.0. The fraction of sp³-hybridized carbons (Fsp3) is 0.467. The van der Waals surface area contributed by atoms with Crippen LogP contribution in [0.3, 0.4) is 0 Å². The molecule has 1 rings (SSSR count). The molecule has 0 spiro atoms. The molecule has 0 atom stereocenters. The molecule has 0 saturated carbocycles. The van der Waals surface area contributed by atoms with E-state index in [2.05, 4.69) is 5.32 Å². The number of esters is 1. The molecule has 6 nitrogen and oxygen atoms in total. The Bertz CT molecular complexity index is 461. The molecule has 0 unspecified atom stereocenters. The van der Waals surface area contributed by atoms with Crippen molar-refractivity contribution in [3.8, 4) is 5.75 Å². The molecule has 1 amide bonds. The van der Waals surface area contributed by atoms with Crippen LogP contribution >= 0.6 is 0 Å². The number of benzene rings is 1. The monoisotopic (exact) mass is 295 g/mol. The molecule has 1 N–H and O–H groups in total. The zero-order chi connectivity index (χ0) is 15.5. The van der Waals surface area contributed by atoms with Gasteiger partial charge in [-0.3, -0.25) is 9.59 Å². The minimum atomic E-state index is -0.412. The van der Waals surface area contributed by atoms with Crippen molar-refractivity contribution in [3.05, 3.63) is 24.3 Å². The van der Waals surface area contributed by atoms with Gasteiger partial charge in [-0.2, -0.15) is 0 Å². The predicted octanol–water partition coefficient (Wildman–Crippen LogP) is 1.99. The van der Waals surface area contributed by atoms with Gasteiger partial charge in [0.1, 0.15) is 12.4 Å². The van der Waals surface area contributed by atoms with Gasteiger partial charge in [0.25, 0.3) is 0 Å². The lowest BCUT2D eigenvalue weighted by molar-refractivity contribution is -0.145. The molecule has 0 heterocycles. The fourth-order valence-electron chi connectivity index (χ4n) is 1.58. The molecule has 0 aromatic heterocycles. The second-order valence-electron chi connectivity index (χ2n) is 4.22. The normalized spacial score (nSPS) is 10.0. The number of rotatable bonds is 9. The number of hydrogen-bond donors (Lipinski definition) is 1. The summed E-state index contributed by atoms with van der Waals surface area (Å²) in [5, 5.41) is 2.71. The van der Waals surface area contributed by atoms with Crippen molar-refractivity contribution in [1.82, 2.24) is 0 Å². The summed E-state index contributed by atoms with van der Waals surface area (Å²) in [6.45, 7) is 3.00. The lowest BCUT2D eigenvalue weighted by Gasteiger charge is -2.08. The van der Waals surface area contributed by atoms with Gasteiger partial charge in [-0.25, -0.2) is 0 Å². The number of carbonyl (C=O) groups excluding carboxylic acids is 2. The quantitative estimate of drug-likeness (QED) is 0.557. The van der Waals surface area contributed by atoms with Gasteiger partial charge in [0.05, 0.1) is 19.6 Å². The molecule has 1 aromatic rings. The number of hydrogen-bond acceptors (Lipinski definition) is 5. The Labute approximate surface area is 124 Å². The van der Waals surface area contributed by atoms with Crippen molar-refractivity contribution >= 4 is 17.6 Å². The molecule has 0 aliphatic carbocycles. The van der Waals surface area contributed by atoms with E-state index in [4.69, 9.17) is 14.2 Å². The van der Waals surface area contributed by atoms with Crippen LogP contribution in [0.5, 0.6) is 5.75 Å². The van der Waals surface area contributed by atoms with E-state index in [0.717, 1.165) is 0 Å². The molecule has 0 aliphatic heterocycles. The molecular formula is C15H21NO5. The van der Waals surface area contributed by atoms with Crippen LogP contribution in [0.2, 0.25) is 0 Å². The predicted molar refractivity (Wildman–Crippen MR) is 78.3 cm³/mol. The molecule has 0 saturated heterocycles. The van der Waals surface area contributed by atoms with Gasteiger partial charge in [0.2, 0.25) is 5.91 Å². The van der Waals surface area contributed by atoms with Crippen LogP contribution in [0.4, 0.5) is 5.69 Å². The summed E-state index contributed by atoms with van der Waals surface area (Å²) >= 11 is 0. The Hall–Kier alpha value is -2.08. The average molecular weight is 295 g/mol. The van der Waals surface area contributed by atoms with Crippen LogP contribution in [-0.4, -0.2) is 38.8 Å². The van der Waals surface area contributed by atoms with Crippen molar-refractivity contribution in [1.29, 1.82) is 0 Å². The van der Waals surface area contributed by atoms with Gasteiger partial charge in [-0.15, -0.1) is 0 Å². The molecular weight excluding hydrogens is 274 g/mol. The van der Waals surface area contributed by atoms with Crippen LogP contribution in [0.25, 0.3) is 0 Å². The van der Waals surface area contributed by atoms with Crippen molar-refractivity contribution in [2.45, 2.75) is 19.8 Å². The van der Waals surface area contributed by atoms with Gasteiger partial charge in [0, 0.05) is 25.3 Å². The number of nitrogens with one attached hydrogen (secondary N) is 1. The maximum absolute atomic E-state index is 11.7. The highest BCUT2D eigenvalue weighted by Crippen LogP contribution is 2.17. The number of carbonyl (C=O) groups is 2. The summed E-state index contributed by atoms with van der Waals surface area (Å²) in [6, 6.07) is 7.10. The van der Waals surface area contributed by atoms with E-state index >= 15 is 0 Å². The standard InChI is InChI=1S/C15H21NO5/c1-3-20-13-6-4-5-12(11-13)16-14(17)7-8-15(18)21-10-9-19-2/h4-6,11H,3,7-10H2,1-2H3,(H,16,17). The van der Waals surface area contributed by atoms with E-state index in [0.29, 0.717) is 24.7 Å². The topological polar surface area (TPSA) is 73.9 Å². The Balaban J connectivity index is 2.33. The Morgan fingerprint density at radius 3 is 2.71 bits per heavy atom. The minimum Gasteiger partial charge on any atom is -0.494 e. The molecule has 0 radical (unpaired) electrons. The van der Waals surface area contributed by atoms with Crippen LogP contribution in [0, 0.1) is 0 Å². The minimum absolute atomic E-state index is 0.0424. The summed E-state index contributed by atoms with van der Waals surface area (Å²) in [5.41, 5.74) is 0.638. The maximum atomic E-state index is 11.7. The van der Waals surface area contributed by atoms with Crippen LogP contribution in [-0.2, 0) is 19.1 Å². The molecule has 0 fully saturated rings. The summed E-state index contributed by atoms with van der Waals surface area (Å²) in [4.78, 5) is 23.1. The third-order valence-electron chi connectivity index (χ3n) is 2.54. The molecule has 0 bridgehead atoms. The highest BCUT2D eigenvalue weighted by atomic mass is 16.6. The molecule has 1 aromatic carbocycles. The van der Waals surface area contributed by atoms with Crippen molar-refractivity contribution in [3.63, 3.8) is 0 Å². The van der Waals surface area contributed by atoms with Gasteiger partial charge in [0.15, 0.2) is 0 Å². The Morgan fingerprint density at radius 1 is 1.19 bits per heavy atom. The highest BCUT2D eigenvalue weighted by Gasteiger charge is 2.08. The van der Waals surface area contributed by atoms with Crippen molar-refractivity contribution in [2.24, 2.45) is 0 Å². The Kier molecular flexibility index (Phi) is 7.89. The zero-order valence-electron chi connectivity index (χ0n) is 12.4. The van der Waals surface area contributed by atoms with Gasteiger partial charge in [-0.05, 0) is 19.1 Å². The fourth-order valence-corrected chi connectivity index (χ4v) is 1.58. The summed E-state index contributed by atoms with van der Waals surface area (Å²) in [5.74, 6) is 0.0342. The SMILES string of the molecule is CCOc1cccc(NC(=O)CCC(=O)OCCOC)c1. The lowest BCUT2D eigenvalue weighted by atomic mass is 10.2. The number of anilines is 1. The smallest absolute Gasteiger partial charge is 0.306 e. The number of methoxy groups -OCH3 is 1. The van der Waals surface area contributed by atoms with E-state index in [1.807, 2.05) is 13.0 Å². The van der Waals surface area contributed by atoms with Gasteiger partial charge < -0.3 is 19.5 Å². The Morgan fingerprint density at radius 2 is 2.00 bits per heavy atom. The number of ether oxygens (including phenoxy) is 3. The van der Waals surface area contributed by atoms with Crippen LogP contribution in [0.15, 0.2) is 24.3 Å². The number of amides is 1. The lowest BCUT2D eigenvalue weighted by Crippen LogP contribution is -2.15. The first-order valence-corrected chi connectivity index (χ1v) is 6.83. The van der Waals surface area contributed by atoms with Gasteiger partial charge >= 0.3 is 5.97 Å². The van der Waals surface area contributed by atoms with Crippen molar-refractivity contribution < 1.29 is 23.8 Å². The third kappa shape index (κ3) is 7.31. The largest absolute Gasteiger partial charge is 0.494 e. The van der Waals surface area contributed by atoms with E-state index in [1.54, 1.807) is 18.2 Å². The zero-order valence-corrected chi connectivity index (χ0v) is 12.4. The summed E-state index contributed by atoms with van der Waals surface area (Å²) in [7, 11) is 1.53. The second-order valence-corrected chi connectivity index (χ2v) is 4.22. The first-order chi connectivity index (χ1) is 10.2. The first-order valence-electron chi connectivity index (χ1n) is 6.83. The average Bonchev–Trinajstić information content (AvgIpc) is 2.46. The highest BCUT2D eigenvalue weighted by molar-refractivity contribution is 5.92. The van der Waals surface area contributed by atoms with Gasteiger partial charge in [-0.1, -0.05) is 6.07 Å². The molecule has 21 heavy (non-hydrogen) atoms. The first kappa shape index (κ1) is 17.0. The third-order valence-corrected chi connectivity index (χ3v) is 2.54. The van der Waals surface area contributed by atoms with E-state index in [9.17, 15) is 9.59 Å². The van der Waals surface area contributed by atoms with Crippen LogP contribution < -0.4 is 10.1 Å². The molecule has 6 heteroatoms. The van der Waals surface area contributed by atoms with Crippen molar-refractivity contribution in [2.75, 3.05) is 32.2 Å². The maximum Gasteiger partial charge on any atom is 0.306 e. The molecule has 116 valence electrons. The van der Waals surface area contributed by atoms with Crippen LogP contribution in [0.1, 0.15) is 19.8 Å². The van der Waals surface area contributed by atoms with E-state index in [-0.39, 0.29) is 25.4 Å². The second kappa shape index (κ2) is 9.77. The van der Waals surface area contributed by atoms with E-state index < -0.39 is 5.97 Å². The summed E-state index contributed by atoms with van der Waals surface area (Å²) in [6.07, 6.45) is 0.116. The van der Waals surface area contributed by atoms with E-state index in [1.165, 1.54) is 7.11 Å².